The van der Waals surface area contributed by atoms with E-state index >= 15 is 0 Å². The van der Waals surface area contributed by atoms with Crippen molar-refractivity contribution in [2.45, 2.75) is 39.5 Å². The minimum atomic E-state index is 0.940. The van der Waals surface area contributed by atoms with Crippen molar-refractivity contribution in [1.82, 2.24) is 0 Å². The molecule has 0 saturated heterocycles. The average molecular weight is 188 g/mol. The molecule has 0 heteroatoms. The van der Waals surface area contributed by atoms with Gasteiger partial charge in [-0.1, -0.05) is 49.6 Å². The molecule has 1 aromatic carbocycles. The Morgan fingerprint density at radius 3 is 2.79 bits per heavy atom. The predicted octanol–water partition coefficient (Wildman–Crippen LogP) is 3.97. The molecule has 0 bridgehead atoms. The minimum Gasteiger partial charge on any atom is -0.0622 e. The Labute approximate surface area is 87.3 Å². The van der Waals surface area contributed by atoms with Crippen LogP contribution in [0.3, 0.4) is 0 Å². The topological polar surface area (TPSA) is 0 Å². The van der Waals surface area contributed by atoms with Gasteiger partial charge in [-0.3, -0.25) is 0 Å². The fourth-order valence-corrected chi connectivity index (χ4v) is 2.67. The fourth-order valence-electron chi connectivity index (χ4n) is 2.67. The highest BCUT2D eigenvalue weighted by Gasteiger charge is 2.23. The number of aryl methyl sites for hydroxylation is 1. The van der Waals surface area contributed by atoms with Gasteiger partial charge < -0.3 is 0 Å². The van der Waals surface area contributed by atoms with E-state index < -0.39 is 0 Å². The van der Waals surface area contributed by atoms with Crippen LogP contribution in [0.15, 0.2) is 24.3 Å². The van der Waals surface area contributed by atoms with Crippen molar-refractivity contribution < 1.29 is 0 Å². The summed E-state index contributed by atoms with van der Waals surface area (Å²) in [7, 11) is 0. The molecule has 0 nitrogen and oxygen atoms in total. The van der Waals surface area contributed by atoms with Crippen molar-refractivity contribution in [2.24, 2.45) is 11.8 Å². The molecule has 14 heavy (non-hydrogen) atoms. The van der Waals surface area contributed by atoms with E-state index in [9.17, 15) is 0 Å². The standard InChI is InChI=1S/C14H20/c1-11-5-3-7-13(9-11)10-14-8-4-6-12(14)2/h3,5,7,9,12,14H,4,6,8,10H2,1-2H3. The quantitative estimate of drug-likeness (QED) is 0.658. The number of hydrogen-bond acceptors (Lipinski definition) is 0. The van der Waals surface area contributed by atoms with Crippen molar-refractivity contribution >= 4 is 0 Å². The van der Waals surface area contributed by atoms with Crippen molar-refractivity contribution in [3.8, 4) is 0 Å². The molecule has 1 aliphatic carbocycles. The lowest BCUT2D eigenvalue weighted by Crippen LogP contribution is -2.07. The molecule has 2 atom stereocenters. The molecule has 2 unspecified atom stereocenters. The molecule has 1 fully saturated rings. The van der Waals surface area contributed by atoms with Crippen molar-refractivity contribution in [2.75, 3.05) is 0 Å². The van der Waals surface area contributed by atoms with Gasteiger partial charge in [-0.25, -0.2) is 0 Å². The molecule has 0 radical (unpaired) electrons. The number of rotatable bonds is 2. The van der Waals surface area contributed by atoms with Crippen LogP contribution in [0.2, 0.25) is 0 Å². The highest BCUT2D eigenvalue weighted by atomic mass is 14.3. The molecule has 2 rings (SSSR count). The lowest BCUT2D eigenvalue weighted by molar-refractivity contribution is 0.417. The summed E-state index contributed by atoms with van der Waals surface area (Å²) in [6, 6.07) is 8.98. The van der Waals surface area contributed by atoms with Gasteiger partial charge >= 0.3 is 0 Å². The van der Waals surface area contributed by atoms with Crippen LogP contribution >= 0.6 is 0 Å². The Balaban J connectivity index is 2.03. The first-order valence-corrected chi connectivity index (χ1v) is 5.81. The fraction of sp³-hybridized carbons (Fsp3) is 0.571. The summed E-state index contributed by atoms with van der Waals surface area (Å²) in [5.74, 6) is 1.88. The second-order valence-electron chi connectivity index (χ2n) is 4.86. The van der Waals surface area contributed by atoms with E-state index in [2.05, 4.69) is 38.1 Å². The van der Waals surface area contributed by atoms with Crippen LogP contribution in [0.5, 0.6) is 0 Å². The maximum Gasteiger partial charge on any atom is -0.0248 e. The third-order valence-corrected chi connectivity index (χ3v) is 3.62. The smallest absolute Gasteiger partial charge is 0.0248 e. The summed E-state index contributed by atoms with van der Waals surface area (Å²) in [5, 5.41) is 0. The molecule has 0 spiro atoms. The molecule has 1 saturated carbocycles. The van der Waals surface area contributed by atoms with E-state index in [-0.39, 0.29) is 0 Å². The third kappa shape index (κ3) is 2.17. The van der Waals surface area contributed by atoms with Crippen LogP contribution < -0.4 is 0 Å². The Morgan fingerprint density at radius 1 is 1.29 bits per heavy atom. The Morgan fingerprint density at radius 2 is 2.14 bits per heavy atom. The van der Waals surface area contributed by atoms with Crippen molar-refractivity contribution in [3.05, 3.63) is 35.4 Å². The molecule has 76 valence electrons. The van der Waals surface area contributed by atoms with Crippen molar-refractivity contribution in [3.63, 3.8) is 0 Å². The normalized spacial score (nSPS) is 26.7. The molecule has 0 amide bonds. The van der Waals surface area contributed by atoms with Crippen LogP contribution in [0.1, 0.15) is 37.3 Å². The summed E-state index contributed by atoms with van der Waals surface area (Å²) in [6.07, 6.45) is 5.62. The molecule has 0 heterocycles. The minimum absolute atomic E-state index is 0.940. The number of benzene rings is 1. The van der Waals surface area contributed by atoms with Gasteiger partial charge in [0, 0.05) is 0 Å². The van der Waals surface area contributed by atoms with E-state index in [0.29, 0.717) is 0 Å². The second kappa shape index (κ2) is 4.16. The van der Waals surface area contributed by atoms with Gasteiger partial charge in [-0.05, 0) is 37.2 Å². The van der Waals surface area contributed by atoms with Gasteiger partial charge in [0.2, 0.25) is 0 Å². The summed E-state index contributed by atoms with van der Waals surface area (Å²) in [4.78, 5) is 0. The summed E-state index contributed by atoms with van der Waals surface area (Å²) >= 11 is 0. The van der Waals surface area contributed by atoms with E-state index in [4.69, 9.17) is 0 Å². The lowest BCUT2D eigenvalue weighted by atomic mass is 9.90. The second-order valence-corrected chi connectivity index (χ2v) is 4.86. The molecule has 1 aromatic rings. The SMILES string of the molecule is Cc1cccc(CC2CCCC2C)c1. The maximum atomic E-state index is 2.41. The van der Waals surface area contributed by atoms with E-state index in [1.54, 1.807) is 0 Å². The first-order chi connectivity index (χ1) is 6.75. The highest BCUT2D eigenvalue weighted by Crippen LogP contribution is 2.33. The van der Waals surface area contributed by atoms with Crippen LogP contribution in [0.4, 0.5) is 0 Å². The van der Waals surface area contributed by atoms with Crippen LogP contribution in [-0.4, -0.2) is 0 Å². The van der Waals surface area contributed by atoms with Crippen LogP contribution in [-0.2, 0) is 6.42 Å². The zero-order valence-electron chi connectivity index (χ0n) is 9.29. The molecule has 1 aliphatic rings. The largest absolute Gasteiger partial charge is 0.0622 e. The van der Waals surface area contributed by atoms with E-state index in [1.807, 2.05) is 0 Å². The highest BCUT2D eigenvalue weighted by molar-refractivity contribution is 5.22. The van der Waals surface area contributed by atoms with Gasteiger partial charge in [0.1, 0.15) is 0 Å². The maximum absolute atomic E-state index is 2.41. The average Bonchev–Trinajstić information content (AvgIpc) is 2.52. The zero-order chi connectivity index (χ0) is 9.97. The van der Waals surface area contributed by atoms with Gasteiger partial charge in [0.15, 0.2) is 0 Å². The van der Waals surface area contributed by atoms with Gasteiger partial charge in [-0.2, -0.15) is 0 Å². The van der Waals surface area contributed by atoms with E-state index in [0.717, 1.165) is 11.8 Å². The first-order valence-electron chi connectivity index (χ1n) is 5.81. The van der Waals surface area contributed by atoms with Crippen LogP contribution in [0, 0.1) is 18.8 Å². The lowest BCUT2D eigenvalue weighted by Gasteiger charge is -2.15. The van der Waals surface area contributed by atoms with E-state index in [1.165, 1.54) is 36.8 Å². The Bertz CT molecular complexity index is 301. The predicted molar refractivity (Wildman–Crippen MR) is 61.4 cm³/mol. The third-order valence-electron chi connectivity index (χ3n) is 3.62. The van der Waals surface area contributed by atoms with Gasteiger partial charge in [0.25, 0.3) is 0 Å². The molecule has 0 N–H and O–H groups in total. The molecular weight excluding hydrogens is 168 g/mol. The first kappa shape index (κ1) is 9.76. The van der Waals surface area contributed by atoms with Crippen molar-refractivity contribution in [1.29, 1.82) is 0 Å². The van der Waals surface area contributed by atoms with Gasteiger partial charge in [0.05, 0.1) is 0 Å². The summed E-state index contributed by atoms with van der Waals surface area (Å²) in [5.41, 5.74) is 2.93. The zero-order valence-corrected chi connectivity index (χ0v) is 9.29. The summed E-state index contributed by atoms with van der Waals surface area (Å²) < 4.78 is 0. The Kier molecular flexibility index (Phi) is 2.90. The van der Waals surface area contributed by atoms with Gasteiger partial charge in [-0.15, -0.1) is 0 Å². The molecule has 0 aromatic heterocycles. The molecule has 0 aliphatic heterocycles. The van der Waals surface area contributed by atoms with Crippen LogP contribution in [0.25, 0.3) is 0 Å². The Hall–Kier alpha value is -0.780. The summed E-state index contributed by atoms with van der Waals surface area (Å²) in [6.45, 7) is 4.59. The molecular formula is C14H20. The monoisotopic (exact) mass is 188 g/mol. The number of hydrogen-bond donors (Lipinski definition) is 0.